The van der Waals surface area contributed by atoms with Crippen molar-refractivity contribution in [1.82, 2.24) is 4.98 Å². The van der Waals surface area contributed by atoms with E-state index in [0.717, 1.165) is 17.5 Å². The molecular weight excluding hydrogens is 194 g/mol. The molecule has 4 nitrogen and oxygen atoms in total. The third kappa shape index (κ3) is 0.997. The summed E-state index contributed by atoms with van der Waals surface area (Å²) in [6.07, 6.45) is 4.37. The van der Waals surface area contributed by atoms with Crippen molar-refractivity contribution in [1.29, 1.82) is 0 Å². The summed E-state index contributed by atoms with van der Waals surface area (Å²) in [5.41, 5.74) is 2.45. The summed E-state index contributed by atoms with van der Waals surface area (Å²) < 4.78 is 10.3. The van der Waals surface area contributed by atoms with E-state index in [1.165, 1.54) is 7.11 Å². The van der Waals surface area contributed by atoms with Crippen molar-refractivity contribution < 1.29 is 14.3 Å². The molecular formula is C11H11NO3. The van der Waals surface area contributed by atoms with E-state index in [-0.39, 0.29) is 17.7 Å². The van der Waals surface area contributed by atoms with Crippen molar-refractivity contribution in [2.24, 2.45) is 0 Å². The summed E-state index contributed by atoms with van der Waals surface area (Å²) >= 11 is 0. The van der Waals surface area contributed by atoms with Crippen molar-refractivity contribution in [3.63, 3.8) is 0 Å². The molecule has 1 saturated heterocycles. The fourth-order valence-electron chi connectivity index (χ4n) is 2.34. The quantitative estimate of drug-likeness (QED) is 0.507. The zero-order valence-electron chi connectivity index (χ0n) is 8.61. The average Bonchev–Trinajstić information content (AvgIpc) is 2.81. The molecule has 15 heavy (non-hydrogen) atoms. The second-order valence-corrected chi connectivity index (χ2v) is 4.12. The molecule has 1 aliphatic heterocycles. The van der Waals surface area contributed by atoms with E-state index in [9.17, 15) is 4.79 Å². The topological polar surface area (TPSA) is 51.7 Å². The molecule has 0 amide bonds. The Kier molecular flexibility index (Phi) is 1.52. The molecule has 1 aromatic heterocycles. The standard InChI is InChI=1S/C11H11NO3/c1-11-8-5-12-4-7(10(13)14-2)6(8)3-9(11)15-11/h4-5,9H,3H2,1-2H3. The maximum absolute atomic E-state index is 11.5. The molecule has 78 valence electrons. The normalized spacial score (nSPS) is 30.7. The summed E-state index contributed by atoms with van der Waals surface area (Å²) in [4.78, 5) is 15.6. The number of nitrogens with zero attached hydrogens (tertiary/aromatic N) is 1. The molecule has 0 N–H and O–H groups in total. The van der Waals surface area contributed by atoms with Crippen LogP contribution in [0.15, 0.2) is 12.4 Å². The van der Waals surface area contributed by atoms with Gasteiger partial charge in [0, 0.05) is 24.4 Å². The lowest BCUT2D eigenvalue weighted by molar-refractivity contribution is 0.0598. The van der Waals surface area contributed by atoms with Crippen LogP contribution in [0.25, 0.3) is 0 Å². The summed E-state index contributed by atoms with van der Waals surface area (Å²) in [6, 6.07) is 0. The highest BCUT2D eigenvalue weighted by Crippen LogP contribution is 2.54. The lowest BCUT2D eigenvalue weighted by atomic mass is 10.0. The van der Waals surface area contributed by atoms with Crippen LogP contribution in [0.5, 0.6) is 0 Å². The van der Waals surface area contributed by atoms with E-state index in [2.05, 4.69) is 4.98 Å². The van der Waals surface area contributed by atoms with Crippen LogP contribution in [0.4, 0.5) is 0 Å². The largest absolute Gasteiger partial charge is 0.465 e. The van der Waals surface area contributed by atoms with Crippen molar-refractivity contribution in [3.8, 4) is 0 Å². The predicted molar refractivity (Wildman–Crippen MR) is 51.5 cm³/mol. The van der Waals surface area contributed by atoms with Gasteiger partial charge in [-0.3, -0.25) is 4.98 Å². The number of carbonyl (C=O) groups excluding carboxylic acids is 1. The maximum atomic E-state index is 11.5. The number of fused-ring (bicyclic) bond motifs is 3. The van der Waals surface area contributed by atoms with Crippen LogP contribution >= 0.6 is 0 Å². The minimum absolute atomic E-state index is 0.202. The summed E-state index contributed by atoms with van der Waals surface area (Å²) in [7, 11) is 1.38. The summed E-state index contributed by atoms with van der Waals surface area (Å²) in [6.45, 7) is 2.03. The highest BCUT2D eigenvalue weighted by atomic mass is 16.6. The highest BCUT2D eigenvalue weighted by molar-refractivity contribution is 5.91. The van der Waals surface area contributed by atoms with E-state index in [1.807, 2.05) is 6.92 Å². The Hall–Kier alpha value is -1.42. The van der Waals surface area contributed by atoms with Crippen LogP contribution in [-0.2, 0) is 21.5 Å². The van der Waals surface area contributed by atoms with Crippen LogP contribution in [0, 0.1) is 0 Å². The van der Waals surface area contributed by atoms with Gasteiger partial charge in [0.05, 0.1) is 18.8 Å². The molecule has 2 heterocycles. The minimum atomic E-state index is -0.316. The van der Waals surface area contributed by atoms with E-state index in [0.29, 0.717) is 5.56 Å². The van der Waals surface area contributed by atoms with Gasteiger partial charge in [-0.25, -0.2) is 4.79 Å². The number of esters is 1. The Labute approximate surface area is 87.2 Å². The number of hydrogen-bond donors (Lipinski definition) is 0. The van der Waals surface area contributed by atoms with Crippen molar-refractivity contribution >= 4 is 5.97 Å². The molecule has 2 atom stereocenters. The van der Waals surface area contributed by atoms with Gasteiger partial charge in [0.1, 0.15) is 5.60 Å². The van der Waals surface area contributed by atoms with Gasteiger partial charge in [0.15, 0.2) is 0 Å². The first-order valence-electron chi connectivity index (χ1n) is 4.90. The maximum Gasteiger partial charge on any atom is 0.339 e. The molecule has 4 heteroatoms. The molecule has 2 aliphatic rings. The number of ether oxygens (including phenoxy) is 2. The fourth-order valence-corrected chi connectivity index (χ4v) is 2.34. The van der Waals surface area contributed by atoms with Gasteiger partial charge in [0.2, 0.25) is 0 Å². The van der Waals surface area contributed by atoms with Gasteiger partial charge in [-0.2, -0.15) is 0 Å². The number of pyridine rings is 1. The number of rotatable bonds is 1. The Balaban J connectivity index is 2.13. The van der Waals surface area contributed by atoms with E-state index in [4.69, 9.17) is 9.47 Å². The predicted octanol–water partition coefficient (Wildman–Crippen LogP) is 1.04. The molecule has 0 radical (unpaired) electrons. The zero-order chi connectivity index (χ0) is 10.6. The third-order valence-electron chi connectivity index (χ3n) is 3.33. The van der Waals surface area contributed by atoms with Crippen molar-refractivity contribution in [2.45, 2.75) is 25.0 Å². The molecule has 2 unspecified atom stereocenters. The Morgan fingerprint density at radius 1 is 1.67 bits per heavy atom. The average molecular weight is 205 g/mol. The Morgan fingerprint density at radius 2 is 2.47 bits per heavy atom. The van der Waals surface area contributed by atoms with Crippen LogP contribution in [-0.4, -0.2) is 24.2 Å². The van der Waals surface area contributed by atoms with E-state index >= 15 is 0 Å². The molecule has 1 aliphatic carbocycles. The zero-order valence-corrected chi connectivity index (χ0v) is 8.61. The van der Waals surface area contributed by atoms with Gasteiger partial charge in [-0.15, -0.1) is 0 Å². The second kappa shape index (κ2) is 2.58. The smallest absolute Gasteiger partial charge is 0.339 e. The van der Waals surface area contributed by atoms with Gasteiger partial charge >= 0.3 is 5.97 Å². The lowest BCUT2D eigenvalue weighted by Gasteiger charge is -2.09. The van der Waals surface area contributed by atoms with E-state index in [1.54, 1.807) is 12.4 Å². The molecule has 0 saturated carbocycles. The van der Waals surface area contributed by atoms with Crippen molar-refractivity contribution in [3.05, 3.63) is 29.1 Å². The monoisotopic (exact) mass is 205 g/mol. The van der Waals surface area contributed by atoms with Gasteiger partial charge < -0.3 is 9.47 Å². The minimum Gasteiger partial charge on any atom is -0.465 e. The molecule has 1 aromatic rings. The molecule has 0 bridgehead atoms. The van der Waals surface area contributed by atoms with Crippen molar-refractivity contribution in [2.75, 3.05) is 7.11 Å². The first kappa shape index (κ1) is 8.85. The second-order valence-electron chi connectivity index (χ2n) is 4.12. The lowest BCUT2D eigenvalue weighted by Crippen LogP contribution is -2.09. The third-order valence-corrected chi connectivity index (χ3v) is 3.33. The van der Waals surface area contributed by atoms with Crippen LogP contribution in [0.2, 0.25) is 0 Å². The van der Waals surface area contributed by atoms with Gasteiger partial charge in [0.25, 0.3) is 0 Å². The first-order valence-corrected chi connectivity index (χ1v) is 4.90. The highest BCUT2D eigenvalue weighted by Gasteiger charge is 2.60. The first-order chi connectivity index (χ1) is 7.16. The molecule has 0 spiro atoms. The number of carbonyl (C=O) groups is 1. The van der Waals surface area contributed by atoms with Crippen LogP contribution in [0.3, 0.4) is 0 Å². The number of aromatic nitrogens is 1. The van der Waals surface area contributed by atoms with Crippen LogP contribution < -0.4 is 0 Å². The van der Waals surface area contributed by atoms with E-state index < -0.39 is 0 Å². The number of methoxy groups -OCH3 is 1. The summed E-state index contributed by atoms with van der Waals surface area (Å²) in [5.74, 6) is -0.316. The van der Waals surface area contributed by atoms with Gasteiger partial charge in [-0.1, -0.05) is 0 Å². The van der Waals surface area contributed by atoms with Gasteiger partial charge in [-0.05, 0) is 12.5 Å². The Morgan fingerprint density at radius 3 is 3.20 bits per heavy atom. The van der Waals surface area contributed by atoms with Crippen LogP contribution in [0.1, 0.15) is 28.4 Å². The molecule has 0 aromatic carbocycles. The SMILES string of the molecule is COC(=O)c1cncc2c1CC1OC21C. The fraction of sp³-hybridized carbons (Fsp3) is 0.455. The number of epoxide rings is 1. The Bertz CT molecular complexity index is 457. The summed E-state index contributed by atoms with van der Waals surface area (Å²) in [5, 5.41) is 0. The number of hydrogen-bond acceptors (Lipinski definition) is 4. The molecule has 3 rings (SSSR count). The molecule has 1 fully saturated rings.